The van der Waals surface area contributed by atoms with Gasteiger partial charge in [0.05, 0.1) is 0 Å². The van der Waals surface area contributed by atoms with Crippen LogP contribution in [-0.4, -0.2) is 37.9 Å². The Bertz CT molecular complexity index is 354. The third-order valence-electron chi connectivity index (χ3n) is 2.03. The summed E-state index contributed by atoms with van der Waals surface area (Å²) in [6, 6.07) is 6.33. The Morgan fingerprint density at radius 3 is 3.00 bits per heavy atom. The molecule has 0 heterocycles. The van der Waals surface area contributed by atoms with Crippen LogP contribution < -0.4 is 10.1 Å². The van der Waals surface area contributed by atoms with E-state index < -0.39 is 0 Å². The van der Waals surface area contributed by atoms with Crippen molar-refractivity contribution < 1.29 is 19.4 Å². The van der Waals surface area contributed by atoms with Crippen LogP contribution >= 0.6 is 0 Å². The minimum absolute atomic E-state index is 0.0591. The highest BCUT2D eigenvalue weighted by Gasteiger charge is 2.02. The number of phenolic OH excluding ortho intramolecular Hbond substituents is 1. The van der Waals surface area contributed by atoms with Gasteiger partial charge in [-0.1, -0.05) is 6.07 Å². The summed E-state index contributed by atoms with van der Waals surface area (Å²) in [4.78, 5) is 11.3. The maximum atomic E-state index is 11.3. The van der Waals surface area contributed by atoms with Crippen molar-refractivity contribution in [2.24, 2.45) is 0 Å². The van der Waals surface area contributed by atoms with Gasteiger partial charge in [-0.3, -0.25) is 4.79 Å². The van der Waals surface area contributed by atoms with Gasteiger partial charge >= 0.3 is 0 Å². The first-order valence-corrected chi connectivity index (χ1v) is 5.40. The Labute approximate surface area is 100 Å². The maximum absolute atomic E-state index is 11.3. The maximum Gasteiger partial charge on any atom is 0.257 e. The minimum atomic E-state index is -0.190. The van der Waals surface area contributed by atoms with E-state index in [1.807, 2.05) is 0 Å². The summed E-state index contributed by atoms with van der Waals surface area (Å²) in [5.41, 5.74) is 0. The highest BCUT2D eigenvalue weighted by Crippen LogP contribution is 2.17. The van der Waals surface area contributed by atoms with Crippen LogP contribution in [0.25, 0.3) is 0 Å². The van der Waals surface area contributed by atoms with Crippen LogP contribution in [0, 0.1) is 0 Å². The summed E-state index contributed by atoms with van der Waals surface area (Å²) in [6.07, 6.45) is 0.772. The monoisotopic (exact) mass is 239 g/mol. The zero-order valence-corrected chi connectivity index (χ0v) is 9.81. The van der Waals surface area contributed by atoms with E-state index >= 15 is 0 Å². The molecule has 94 valence electrons. The van der Waals surface area contributed by atoms with Crippen molar-refractivity contribution in [3.05, 3.63) is 24.3 Å². The molecule has 0 saturated carbocycles. The summed E-state index contributed by atoms with van der Waals surface area (Å²) in [5.74, 6) is 0.393. The van der Waals surface area contributed by atoms with E-state index in [9.17, 15) is 9.90 Å². The van der Waals surface area contributed by atoms with Crippen molar-refractivity contribution in [3.8, 4) is 11.5 Å². The molecule has 0 aliphatic carbocycles. The summed E-state index contributed by atoms with van der Waals surface area (Å²) in [5, 5.41) is 11.9. The molecule has 0 aliphatic rings. The first-order valence-electron chi connectivity index (χ1n) is 5.40. The Morgan fingerprint density at radius 2 is 2.29 bits per heavy atom. The van der Waals surface area contributed by atoms with Gasteiger partial charge in [0.15, 0.2) is 6.61 Å². The van der Waals surface area contributed by atoms with Crippen LogP contribution in [0.4, 0.5) is 0 Å². The van der Waals surface area contributed by atoms with Gasteiger partial charge in [-0.2, -0.15) is 0 Å². The van der Waals surface area contributed by atoms with Gasteiger partial charge in [-0.15, -0.1) is 0 Å². The smallest absolute Gasteiger partial charge is 0.257 e. The van der Waals surface area contributed by atoms with Gasteiger partial charge in [-0.05, 0) is 18.6 Å². The van der Waals surface area contributed by atoms with Crippen molar-refractivity contribution in [1.82, 2.24) is 5.32 Å². The topological polar surface area (TPSA) is 67.8 Å². The predicted octanol–water partition coefficient (Wildman–Crippen LogP) is 0.924. The summed E-state index contributed by atoms with van der Waals surface area (Å²) in [6.45, 7) is 1.13. The fourth-order valence-corrected chi connectivity index (χ4v) is 1.22. The predicted molar refractivity (Wildman–Crippen MR) is 63.1 cm³/mol. The molecule has 1 aromatic rings. The van der Waals surface area contributed by atoms with E-state index in [1.54, 1.807) is 19.2 Å². The SMILES string of the molecule is COCCCNC(=O)COc1cccc(O)c1. The van der Waals surface area contributed by atoms with E-state index in [1.165, 1.54) is 12.1 Å². The van der Waals surface area contributed by atoms with Crippen molar-refractivity contribution in [2.45, 2.75) is 6.42 Å². The molecule has 0 saturated heterocycles. The number of carbonyl (C=O) groups excluding carboxylic acids is 1. The number of hydrogen-bond acceptors (Lipinski definition) is 4. The fourth-order valence-electron chi connectivity index (χ4n) is 1.22. The molecule has 1 rings (SSSR count). The van der Waals surface area contributed by atoms with Gasteiger partial charge in [0.2, 0.25) is 0 Å². The molecule has 2 N–H and O–H groups in total. The molecule has 0 unspecified atom stereocenters. The Morgan fingerprint density at radius 1 is 1.47 bits per heavy atom. The minimum Gasteiger partial charge on any atom is -0.508 e. The lowest BCUT2D eigenvalue weighted by Gasteiger charge is -2.07. The molecule has 5 heteroatoms. The van der Waals surface area contributed by atoms with Crippen LogP contribution in [-0.2, 0) is 9.53 Å². The van der Waals surface area contributed by atoms with Crippen molar-refractivity contribution in [2.75, 3.05) is 26.9 Å². The normalized spacial score (nSPS) is 9.94. The molecule has 5 nitrogen and oxygen atoms in total. The standard InChI is InChI=1S/C12H17NO4/c1-16-7-3-6-13-12(15)9-17-11-5-2-4-10(14)8-11/h2,4-5,8,14H,3,6-7,9H2,1H3,(H,13,15). The molecule has 0 spiro atoms. The Kier molecular flexibility index (Phi) is 5.88. The molecule has 0 atom stereocenters. The second-order valence-electron chi connectivity index (χ2n) is 3.48. The molecule has 1 aromatic carbocycles. The summed E-state index contributed by atoms with van der Waals surface area (Å²) < 4.78 is 10.1. The van der Waals surface area contributed by atoms with E-state index in [4.69, 9.17) is 9.47 Å². The molecule has 0 bridgehead atoms. The number of carbonyl (C=O) groups is 1. The van der Waals surface area contributed by atoms with Gasteiger partial charge in [0.1, 0.15) is 11.5 Å². The number of phenols is 1. The average molecular weight is 239 g/mol. The van der Waals surface area contributed by atoms with E-state index in [0.29, 0.717) is 18.9 Å². The van der Waals surface area contributed by atoms with Gasteiger partial charge in [0.25, 0.3) is 5.91 Å². The number of rotatable bonds is 7. The molecule has 0 aliphatic heterocycles. The third kappa shape index (κ3) is 5.77. The Hall–Kier alpha value is -1.75. The second-order valence-corrected chi connectivity index (χ2v) is 3.48. The summed E-state index contributed by atoms with van der Waals surface area (Å²) >= 11 is 0. The lowest BCUT2D eigenvalue weighted by Crippen LogP contribution is -2.30. The zero-order valence-electron chi connectivity index (χ0n) is 9.81. The average Bonchev–Trinajstić information content (AvgIpc) is 2.32. The molecule has 17 heavy (non-hydrogen) atoms. The summed E-state index contributed by atoms with van der Waals surface area (Å²) in [7, 11) is 1.62. The van der Waals surface area contributed by atoms with Gasteiger partial charge in [-0.25, -0.2) is 0 Å². The quantitative estimate of drug-likeness (QED) is 0.694. The number of aromatic hydroxyl groups is 1. The molecule has 0 aromatic heterocycles. The lowest BCUT2D eigenvalue weighted by atomic mass is 10.3. The number of methoxy groups -OCH3 is 1. The highest BCUT2D eigenvalue weighted by molar-refractivity contribution is 5.77. The third-order valence-corrected chi connectivity index (χ3v) is 2.03. The van der Waals surface area contributed by atoms with Crippen LogP contribution in [0.1, 0.15) is 6.42 Å². The molecular weight excluding hydrogens is 222 g/mol. The van der Waals surface area contributed by atoms with Crippen LogP contribution in [0.5, 0.6) is 11.5 Å². The lowest BCUT2D eigenvalue weighted by molar-refractivity contribution is -0.123. The second kappa shape index (κ2) is 7.51. The number of benzene rings is 1. The number of nitrogens with one attached hydrogen (secondary N) is 1. The molecule has 1 amide bonds. The largest absolute Gasteiger partial charge is 0.508 e. The highest BCUT2D eigenvalue weighted by atomic mass is 16.5. The first-order chi connectivity index (χ1) is 8.22. The Balaban J connectivity index is 2.19. The van der Waals surface area contributed by atoms with Crippen molar-refractivity contribution >= 4 is 5.91 Å². The molecular formula is C12H17NO4. The van der Waals surface area contributed by atoms with Gasteiger partial charge in [0, 0.05) is 26.3 Å². The van der Waals surface area contributed by atoms with Crippen LogP contribution in [0.15, 0.2) is 24.3 Å². The molecule has 0 fully saturated rings. The van der Waals surface area contributed by atoms with Crippen LogP contribution in [0.2, 0.25) is 0 Å². The molecule has 0 radical (unpaired) electrons. The fraction of sp³-hybridized carbons (Fsp3) is 0.417. The van der Waals surface area contributed by atoms with Crippen molar-refractivity contribution in [1.29, 1.82) is 0 Å². The zero-order chi connectivity index (χ0) is 12.5. The number of amides is 1. The first kappa shape index (κ1) is 13.3. The van der Waals surface area contributed by atoms with Crippen molar-refractivity contribution in [3.63, 3.8) is 0 Å². The van der Waals surface area contributed by atoms with E-state index in [2.05, 4.69) is 5.32 Å². The van der Waals surface area contributed by atoms with E-state index in [0.717, 1.165) is 6.42 Å². The number of ether oxygens (including phenoxy) is 2. The van der Waals surface area contributed by atoms with Gasteiger partial charge < -0.3 is 19.9 Å². The van der Waals surface area contributed by atoms with E-state index in [-0.39, 0.29) is 18.3 Å². The van der Waals surface area contributed by atoms with Crippen LogP contribution in [0.3, 0.4) is 0 Å². The number of hydrogen-bond donors (Lipinski definition) is 2.